The molecule has 0 radical (unpaired) electrons. The van der Waals surface area contributed by atoms with Gasteiger partial charge in [0, 0.05) is 37.3 Å². The average molecular weight is 648 g/mol. The monoisotopic (exact) mass is 647 g/mol. The summed E-state index contributed by atoms with van der Waals surface area (Å²) in [6.45, 7) is 9.19. The van der Waals surface area contributed by atoms with Gasteiger partial charge in [-0.2, -0.15) is 0 Å². The van der Waals surface area contributed by atoms with Crippen LogP contribution in [0.4, 0.5) is 9.59 Å². The number of alkyl carbamates (subject to hydrolysis) is 1. The van der Waals surface area contributed by atoms with E-state index in [9.17, 15) is 14.7 Å². The van der Waals surface area contributed by atoms with E-state index in [0.29, 0.717) is 60.0 Å². The number of likely N-dealkylation sites (tertiary alicyclic amines) is 1. The molecule has 2 aliphatic carbocycles. The SMILES string of the molecule is Cn1cncc1C(NC(=O)OC1(C)CC1)C1=Cc2cccnc2C(O)(C2CCN(C(=O)OCC(C)(C)C)CC2)c2ccc(Cl)cc21. The van der Waals surface area contributed by atoms with Crippen LogP contribution in [0.5, 0.6) is 0 Å². The Morgan fingerprint density at radius 3 is 2.59 bits per heavy atom. The van der Waals surface area contributed by atoms with Crippen molar-refractivity contribution < 1.29 is 24.2 Å². The molecule has 0 bridgehead atoms. The molecule has 6 rings (SSSR count). The van der Waals surface area contributed by atoms with Crippen LogP contribution in [-0.4, -0.2) is 62.0 Å². The number of nitrogens with one attached hydrogen (secondary N) is 1. The standard InChI is InChI=1S/C35H42ClN5O5/c1-33(2,3)20-45-32(43)41-15-10-23(11-16-41)35(44)27-9-8-24(36)18-25(27)26(17-22-7-6-14-38-30(22)35)29(28-19-37-21-40(28)5)39-31(42)46-34(4)12-13-34/h6-9,14,17-19,21,23,29,44H,10-13,15-16,20H2,1-5H3,(H,39,42). The molecule has 46 heavy (non-hydrogen) atoms. The van der Waals surface area contributed by atoms with Crippen LogP contribution in [-0.2, 0) is 22.1 Å². The van der Waals surface area contributed by atoms with Gasteiger partial charge >= 0.3 is 12.2 Å². The molecule has 11 heteroatoms. The number of imidazole rings is 1. The maximum Gasteiger partial charge on any atom is 0.409 e. The molecule has 1 saturated carbocycles. The molecule has 2 aromatic heterocycles. The van der Waals surface area contributed by atoms with Crippen molar-refractivity contribution in [3.8, 4) is 0 Å². The molecule has 244 valence electrons. The van der Waals surface area contributed by atoms with Crippen molar-refractivity contribution in [3.05, 3.63) is 82.2 Å². The molecule has 3 heterocycles. The first-order valence-electron chi connectivity index (χ1n) is 15.8. The third kappa shape index (κ3) is 6.37. The van der Waals surface area contributed by atoms with Gasteiger partial charge in [-0.25, -0.2) is 14.6 Å². The number of aryl methyl sites for hydroxylation is 1. The van der Waals surface area contributed by atoms with E-state index in [0.717, 1.165) is 24.1 Å². The molecule has 10 nitrogen and oxygen atoms in total. The summed E-state index contributed by atoms with van der Waals surface area (Å²) in [7, 11) is 1.87. The van der Waals surface area contributed by atoms with E-state index in [1.54, 1.807) is 29.7 Å². The number of hydrogen-bond acceptors (Lipinski definition) is 7. The highest BCUT2D eigenvalue weighted by atomic mass is 35.5. The average Bonchev–Trinajstić information content (AvgIpc) is 3.61. The maximum atomic E-state index is 13.3. The van der Waals surface area contributed by atoms with Crippen molar-refractivity contribution in [2.75, 3.05) is 19.7 Å². The summed E-state index contributed by atoms with van der Waals surface area (Å²) in [5, 5.41) is 16.6. The van der Waals surface area contributed by atoms with Crippen molar-refractivity contribution in [2.45, 2.75) is 70.6 Å². The molecule has 2 amide bonds. The van der Waals surface area contributed by atoms with Gasteiger partial charge in [0.15, 0.2) is 0 Å². The summed E-state index contributed by atoms with van der Waals surface area (Å²) in [6, 6.07) is 8.52. The molecule has 2 atom stereocenters. The van der Waals surface area contributed by atoms with E-state index in [1.165, 1.54) is 0 Å². The molecule has 0 spiro atoms. The Labute approximate surface area is 274 Å². The van der Waals surface area contributed by atoms with Crippen LogP contribution in [0.1, 0.15) is 87.5 Å². The molecule has 1 saturated heterocycles. The minimum atomic E-state index is -1.52. The summed E-state index contributed by atoms with van der Waals surface area (Å²) in [5.41, 5.74) is 1.87. The molecule has 1 aromatic carbocycles. The fraction of sp³-hybridized carbons (Fsp3) is 0.486. The fourth-order valence-corrected chi connectivity index (χ4v) is 6.59. The second-order valence-corrected chi connectivity index (χ2v) is 14.7. The van der Waals surface area contributed by atoms with Gasteiger partial charge in [0.25, 0.3) is 0 Å². The van der Waals surface area contributed by atoms with E-state index in [4.69, 9.17) is 26.1 Å². The van der Waals surface area contributed by atoms with Crippen LogP contribution in [0.3, 0.4) is 0 Å². The number of nitrogens with zero attached hydrogens (tertiary/aromatic N) is 4. The van der Waals surface area contributed by atoms with Crippen LogP contribution in [0.25, 0.3) is 11.6 Å². The van der Waals surface area contributed by atoms with Gasteiger partial charge in [-0.15, -0.1) is 0 Å². The number of aromatic nitrogens is 3. The number of benzene rings is 1. The summed E-state index contributed by atoms with van der Waals surface area (Å²) in [5.74, 6) is -0.275. The largest absolute Gasteiger partial charge is 0.449 e. The Kier molecular flexibility index (Phi) is 8.39. The minimum absolute atomic E-state index is 0.136. The number of ether oxygens (including phenoxy) is 2. The number of rotatable bonds is 6. The lowest BCUT2D eigenvalue weighted by atomic mass is 9.72. The second-order valence-electron chi connectivity index (χ2n) is 14.2. The normalized spacial score (nSPS) is 21.3. The number of fused-ring (bicyclic) bond motifs is 2. The molecular weight excluding hydrogens is 606 g/mol. The number of carbonyl (C=O) groups is 2. The molecule has 1 aliphatic heterocycles. The molecule has 2 fully saturated rings. The summed E-state index contributed by atoms with van der Waals surface area (Å²) >= 11 is 6.65. The predicted octanol–water partition coefficient (Wildman–Crippen LogP) is 6.47. The van der Waals surface area contributed by atoms with Crippen LogP contribution in [0, 0.1) is 11.3 Å². The number of pyridine rings is 1. The lowest BCUT2D eigenvalue weighted by Gasteiger charge is -2.42. The second kappa shape index (κ2) is 12.0. The number of piperidine rings is 1. The van der Waals surface area contributed by atoms with Gasteiger partial charge in [0.2, 0.25) is 0 Å². The molecule has 2 N–H and O–H groups in total. The van der Waals surface area contributed by atoms with E-state index in [-0.39, 0.29) is 17.4 Å². The molecular formula is C35H42ClN5O5. The Morgan fingerprint density at radius 2 is 1.93 bits per heavy atom. The topological polar surface area (TPSA) is 119 Å². The quantitative estimate of drug-likeness (QED) is 0.315. The summed E-state index contributed by atoms with van der Waals surface area (Å²) in [4.78, 5) is 37.0. The van der Waals surface area contributed by atoms with Gasteiger partial charge in [0.1, 0.15) is 11.2 Å². The molecule has 2 unspecified atom stereocenters. The predicted molar refractivity (Wildman–Crippen MR) is 175 cm³/mol. The van der Waals surface area contributed by atoms with E-state index >= 15 is 0 Å². The number of amides is 2. The first kappa shape index (κ1) is 32.1. The van der Waals surface area contributed by atoms with Crippen LogP contribution < -0.4 is 5.32 Å². The lowest BCUT2D eigenvalue weighted by Crippen LogP contribution is -2.47. The number of halogens is 1. The van der Waals surface area contributed by atoms with Crippen molar-refractivity contribution in [1.82, 2.24) is 24.8 Å². The van der Waals surface area contributed by atoms with Crippen LogP contribution in [0.2, 0.25) is 5.02 Å². The zero-order valence-corrected chi connectivity index (χ0v) is 27.8. The lowest BCUT2D eigenvalue weighted by molar-refractivity contribution is -0.0193. The highest BCUT2D eigenvalue weighted by Gasteiger charge is 2.48. The number of carbonyl (C=O) groups excluding carboxylic acids is 2. The van der Waals surface area contributed by atoms with Gasteiger partial charge in [-0.3, -0.25) is 4.98 Å². The minimum Gasteiger partial charge on any atom is -0.449 e. The zero-order valence-electron chi connectivity index (χ0n) is 27.0. The smallest absolute Gasteiger partial charge is 0.409 e. The Hall–Kier alpha value is -3.89. The van der Waals surface area contributed by atoms with Crippen molar-refractivity contribution >= 4 is 35.4 Å². The van der Waals surface area contributed by atoms with E-state index in [2.05, 4.69) is 10.3 Å². The maximum absolute atomic E-state index is 13.3. The Balaban J connectivity index is 1.40. The van der Waals surface area contributed by atoms with Gasteiger partial charge in [0.05, 0.1) is 36.6 Å². The van der Waals surface area contributed by atoms with Crippen molar-refractivity contribution in [2.24, 2.45) is 18.4 Å². The molecule has 3 aromatic rings. The van der Waals surface area contributed by atoms with Gasteiger partial charge in [-0.05, 0) is 84.6 Å². The van der Waals surface area contributed by atoms with E-state index in [1.807, 2.05) is 69.7 Å². The third-order valence-electron chi connectivity index (χ3n) is 9.20. The van der Waals surface area contributed by atoms with Crippen LogP contribution in [0.15, 0.2) is 49.1 Å². The van der Waals surface area contributed by atoms with Crippen LogP contribution >= 0.6 is 11.6 Å². The summed E-state index contributed by atoms with van der Waals surface area (Å²) < 4.78 is 13.2. The highest BCUT2D eigenvalue weighted by molar-refractivity contribution is 6.30. The fourth-order valence-electron chi connectivity index (χ4n) is 6.42. The first-order valence-corrected chi connectivity index (χ1v) is 16.2. The van der Waals surface area contributed by atoms with Crippen molar-refractivity contribution in [3.63, 3.8) is 0 Å². The third-order valence-corrected chi connectivity index (χ3v) is 9.44. The number of hydrogen-bond donors (Lipinski definition) is 2. The van der Waals surface area contributed by atoms with Gasteiger partial charge < -0.3 is 29.4 Å². The zero-order chi connectivity index (χ0) is 32.9. The summed E-state index contributed by atoms with van der Waals surface area (Å²) in [6.07, 6.45) is 8.86. The van der Waals surface area contributed by atoms with Crippen molar-refractivity contribution in [1.29, 1.82) is 0 Å². The van der Waals surface area contributed by atoms with E-state index < -0.39 is 23.3 Å². The first-order chi connectivity index (χ1) is 21.8. The Morgan fingerprint density at radius 1 is 1.20 bits per heavy atom. The highest BCUT2D eigenvalue weighted by Crippen LogP contribution is 2.50. The number of aliphatic hydroxyl groups is 1. The Bertz CT molecular complexity index is 1670. The van der Waals surface area contributed by atoms with Gasteiger partial charge in [-0.1, -0.05) is 44.5 Å². The molecule has 3 aliphatic rings.